The Morgan fingerprint density at radius 1 is 1.11 bits per heavy atom. The van der Waals surface area contributed by atoms with E-state index in [0.717, 1.165) is 23.2 Å². The molecule has 2 aromatic carbocycles. The van der Waals surface area contributed by atoms with E-state index < -0.39 is 0 Å². The topological polar surface area (TPSA) is 12.0 Å². The number of nitrogens with one attached hydrogen (secondary N) is 1. The second-order valence-electron chi connectivity index (χ2n) is 5.35. The highest BCUT2D eigenvalue weighted by atomic mass is 35.5. The normalized spacial score (nSPS) is 14.4. The maximum Gasteiger partial charge on any atom is 0.0637 e. The third-order valence-electron chi connectivity index (χ3n) is 3.63. The van der Waals surface area contributed by atoms with Crippen LogP contribution in [-0.4, -0.2) is 0 Å². The van der Waals surface area contributed by atoms with Gasteiger partial charge in [-0.1, -0.05) is 41.9 Å². The number of hydrogen-bond donors (Lipinski definition) is 1. The Balaban J connectivity index is 1.66. The van der Waals surface area contributed by atoms with Crippen LogP contribution >= 0.6 is 11.6 Å². The van der Waals surface area contributed by atoms with Gasteiger partial charge in [-0.15, -0.1) is 0 Å². The molecule has 1 aliphatic rings. The molecule has 0 bridgehead atoms. The maximum atomic E-state index is 6.17. The van der Waals surface area contributed by atoms with Crippen molar-refractivity contribution in [3.8, 4) is 0 Å². The summed E-state index contributed by atoms with van der Waals surface area (Å²) in [5.41, 5.74) is 5.00. The lowest BCUT2D eigenvalue weighted by Crippen LogP contribution is -2.00. The van der Waals surface area contributed by atoms with Crippen molar-refractivity contribution in [3.05, 3.63) is 64.2 Å². The Hall–Kier alpha value is -1.47. The zero-order valence-corrected chi connectivity index (χ0v) is 11.9. The lowest BCUT2D eigenvalue weighted by Gasteiger charge is -2.10. The number of hydrogen-bond acceptors (Lipinski definition) is 1. The number of halogens is 1. The number of aryl methyl sites for hydroxylation is 1. The Labute approximate surface area is 119 Å². The van der Waals surface area contributed by atoms with Crippen LogP contribution in [0.5, 0.6) is 0 Å². The fraction of sp³-hybridized carbons (Fsp3) is 0.294. The zero-order valence-electron chi connectivity index (χ0n) is 11.1. The first-order valence-electron chi connectivity index (χ1n) is 6.81. The summed E-state index contributed by atoms with van der Waals surface area (Å²) in [6, 6.07) is 15.0. The fourth-order valence-corrected chi connectivity index (χ4v) is 2.48. The van der Waals surface area contributed by atoms with Gasteiger partial charge in [-0.2, -0.15) is 0 Å². The largest absolute Gasteiger partial charge is 0.380 e. The van der Waals surface area contributed by atoms with Gasteiger partial charge in [0.15, 0.2) is 0 Å². The van der Waals surface area contributed by atoms with E-state index in [9.17, 15) is 0 Å². The first-order valence-corrected chi connectivity index (χ1v) is 7.19. The molecular weight excluding hydrogens is 254 g/mol. The van der Waals surface area contributed by atoms with Crippen LogP contribution in [0.2, 0.25) is 5.02 Å². The van der Waals surface area contributed by atoms with E-state index in [1.165, 1.54) is 29.5 Å². The number of benzene rings is 2. The standard InChI is InChI=1S/C17H18ClN/c1-12-2-9-16(18)17(10-12)19-11-13-3-5-14(6-4-13)15-7-8-15/h2-6,9-10,15,19H,7-8,11H2,1H3. The molecule has 0 radical (unpaired) electrons. The molecule has 19 heavy (non-hydrogen) atoms. The molecule has 0 spiro atoms. The summed E-state index contributed by atoms with van der Waals surface area (Å²) in [6.45, 7) is 2.89. The molecule has 0 aromatic heterocycles. The molecule has 0 saturated heterocycles. The van der Waals surface area contributed by atoms with Crippen LogP contribution in [0.4, 0.5) is 5.69 Å². The highest BCUT2D eigenvalue weighted by molar-refractivity contribution is 6.33. The van der Waals surface area contributed by atoms with E-state index in [-0.39, 0.29) is 0 Å². The molecule has 1 aliphatic carbocycles. The van der Waals surface area contributed by atoms with Gasteiger partial charge in [-0.05, 0) is 54.5 Å². The van der Waals surface area contributed by atoms with Crippen LogP contribution in [0, 0.1) is 6.92 Å². The van der Waals surface area contributed by atoms with E-state index in [1.54, 1.807) is 0 Å². The Kier molecular flexibility index (Phi) is 3.48. The summed E-state index contributed by atoms with van der Waals surface area (Å²) < 4.78 is 0. The summed E-state index contributed by atoms with van der Waals surface area (Å²) in [7, 11) is 0. The highest BCUT2D eigenvalue weighted by Crippen LogP contribution is 2.39. The fourth-order valence-electron chi connectivity index (χ4n) is 2.30. The first-order chi connectivity index (χ1) is 9.22. The molecule has 0 aliphatic heterocycles. The molecule has 0 atom stereocenters. The second kappa shape index (κ2) is 5.26. The molecule has 0 heterocycles. The van der Waals surface area contributed by atoms with E-state index in [0.29, 0.717) is 0 Å². The van der Waals surface area contributed by atoms with Gasteiger partial charge in [-0.25, -0.2) is 0 Å². The second-order valence-corrected chi connectivity index (χ2v) is 5.76. The Bertz CT molecular complexity index is 570. The van der Waals surface area contributed by atoms with E-state index in [4.69, 9.17) is 11.6 Å². The molecule has 1 nitrogen and oxygen atoms in total. The van der Waals surface area contributed by atoms with Gasteiger partial charge in [0, 0.05) is 6.54 Å². The van der Waals surface area contributed by atoms with Gasteiger partial charge in [0.1, 0.15) is 0 Å². The summed E-state index contributed by atoms with van der Waals surface area (Å²) in [5, 5.41) is 4.18. The predicted molar refractivity (Wildman–Crippen MR) is 81.9 cm³/mol. The third-order valence-corrected chi connectivity index (χ3v) is 3.96. The molecule has 2 aromatic rings. The highest BCUT2D eigenvalue weighted by Gasteiger charge is 2.22. The van der Waals surface area contributed by atoms with Crippen molar-refractivity contribution in [2.45, 2.75) is 32.2 Å². The van der Waals surface area contributed by atoms with Crippen molar-refractivity contribution in [2.75, 3.05) is 5.32 Å². The van der Waals surface area contributed by atoms with Crippen molar-refractivity contribution in [1.82, 2.24) is 0 Å². The van der Waals surface area contributed by atoms with Crippen LogP contribution in [-0.2, 0) is 6.54 Å². The van der Waals surface area contributed by atoms with Crippen molar-refractivity contribution in [1.29, 1.82) is 0 Å². The maximum absolute atomic E-state index is 6.17. The van der Waals surface area contributed by atoms with Gasteiger partial charge in [0.25, 0.3) is 0 Å². The quantitative estimate of drug-likeness (QED) is 0.812. The molecular formula is C17H18ClN. The molecule has 0 amide bonds. The van der Waals surface area contributed by atoms with Gasteiger partial charge < -0.3 is 5.32 Å². The molecule has 0 unspecified atom stereocenters. The van der Waals surface area contributed by atoms with Gasteiger partial charge in [0.05, 0.1) is 10.7 Å². The van der Waals surface area contributed by atoms with Crippen LogP contribution < -0.4 is 5.32 Å². The molecule has 1 N–H and O–H groups in total. The van der Waals surface area contributed by atoms with Crippen LogP contribution in [0.15, 0.2) is 42.5 Å². The van der Waals surface area contributed by atoms with Gasteiger partial charge in [0.2, 0.25) is 0 Å². The van der Waals surface area contributed by atoms with Crippen LogP contribution in [0.3, 0.4) is 0 Å². The molecule has 98 valence electrons. The lowest BCUT2D eigenvalue weighted by atomic mass is 10.1. The average Bonchev–Trinajstić information content (AvgIpc) is 3.25. The van der Waals surface area contributed by atoms with E-state index in [2.05, 4.69) is 42.6 Å². The molecule has 3 rings (SSSR count). The van der Waals surface area contributed by atoms with Gasteiger partial charge >= 0.3 is 0 Å². The summed E-state index contributed by atoms with van der Waals surface area (Å²) in [5.74, 6) is 0.827. The minimum atomic E-state index is 0.778. The van der Waals surface area contributed by atoms with Crippen LogP contribution in [0.25, 0.3) is 0 Å². The smallest absolute Gasteiger partial charge is 0.0637 e. The third kappa shape index (κ3) is 3.10. The minimum Gasteiger partial charge on any atom is -0.380 e. The van der Waals surface area contributed by atoms with E-state index >= 15 is 0 Å². The first kappa shape index (κ1) is 12.6. The van der Waals surface area contributed by atoms with Crippen molar-refractivity contribution in [3.63, 3.8) is 0 Å². The summed E-state index contributed by atoms with van der Waals surface area (Å²) in [4.78, 5) is 0. The monoisotopic (exact) mass is 271 g/mol. The minimum absolute atomic E-state index is 0.778. The molecule has 1 fully saturated rings. The van der Waals surface area contributed by atoms with Crippen molar-refractivity contribution < 1.29 is 0 Å². The Morgan fingerprint density at radius 3 is 2.53 bits per heavy atom. The van der Waals surface area contributed by atoms with Crippen molar-refractivity contribution >= 4 is 17.3 Å². The predicted octanol–water partition coefficient (Wildman–Crippen LogP) is 5.14. The van der Waals surface area contributed by atoms with E-state index in [1.807, 2.05) is 12.1 Å². The average molecular weight is 272 g/mol. The molecule has 2 heteroatoms. The lowest BCUT2D eigenvalue weighted by molar-refractivity contribution is 1.10. The number of anilines is 1. The Morgan fingerprint density at radius 2 is 1.84 bits per heavy atom. The van der Waals surface area contributed by atoms with Crippen LogP contribution in [0.1, 0.15) is 35.4 Å². The summed E-state index contributed by atoms with van der Waals surface area (Å²) >= 11 is 6.17. The molecule has 1 saturated carbocycles. The van der Waals surface area contributed by atoms with Gasteiger partial charge in [-0.3, -0.25) is 0 Å². The SMILES string of the molecule is Cc1ccc(Cl)c(NCc2ccc(C3CC3)cc2)c1. The van der Waals surface area contributed by atoms with Crippen molar-refractivity contribution in [2.24, 2.45) is 0 Å². The number of rotatable bonds is 4. The zero-order chi connectivity index (χ0) is 13.2. The summed E-state index contributed by atoms with van der Waals surface area (Å²) in [6.07, 6.45) is 2.72.